The molecule has 0 spiro atoms. The van der Waals surface area contributed by atoms with Crippen molar-refractivity contribution in [3.63, 3.8) is 0 Å². The molecule has 2 aromatic carbocycles. The summed E-state index contributed by atoms with van der Waals surface area (Å²) in [6, 6.07) is 13.9. The average molecular weight is 368 g/mol. The maximum atomic E-state index is 12.2. The largest absolute Gasteiger partial charge is 0.376 e. The molecule has 2 aromatic rings. The second-order valence-corrected chi connectivity index (χ2v) is 5.94. The zero-order chi connectivity index (χ0) is 19.6. The number of nitrogens with one attached hydrogen (secondary N) is 4. The van der Waals surface area contributed by atoms with E-state index >= 15 is 0 Å². The zero-order valence-corrected chi connectivity index (χ0v) is 15.5. The van der Waals surface area contributed by atoms with Gasteiger partial charge in [0.2, 0.25) is 11.8 Å². The molecule has 142 valence electrons. The molecule has 0 fully saturated rings. The van der Waals surface area contributed by atoms with Gasteiger partial charge in [-0.15, -0.1) is 0 Å². The molecule has 0 atom stereocenters. The van der Waals surface area contributed by atoms with Crippen molar-refractivity contribution in [2.75, 3.05) is 29.5 Å². The average Bonchev–Trinajstić information content (AvgIpc) is 2.66. The molecule has 0 aliphatic carbocycles. The Morgan fingerprint density at radius 3 is 2.15 bits per heavy atom. The lowest BCUT2D eigenvalue weighted by Gasteiger charge is -2.10. The number of hydrogen-bond acceptors (Lipinski definition) is 4. The first-order valence-corrected chi connectivity index (χ1v) is 8.77. The van der Waals surface area contributed by atoms with Crippen LogP contribution in [-0.4, -0.2) is 31.3 Å². The van der Waals surface area contributed by atoms with Gasteiger partial charge in [0.1, 0.15) is 0 Å². The van der Waals surface area contributed by atoms with Crippen molar-refractivity contribution in [3.8, 4) is 0 Å². The minimum atomic E-state index is -0.239. The molecule has 4 N–H and O–H groups in total. The molecule has 27 heavy (non-hydrogen) atoms. The molecule has 0 saturated carbocycles. The SMILES string of the molecule is CCCC(=O)Nc1cccc(NC(=O)CNc2cccc(C(=O)NC)c2)c1. The van der Waals surface area contributed by atoms with Crippen molar-refractivity contribution in [2.24, 2.45) is 0 Å². The van der Waals surface area contributed by atoms with Crippen LogP contribution in [0.2, 0.25) is 0 Å². The third kappa shape index (κ3) is 6.47. The minimum absolute atomic E-state index is 0.0453. The Bertz CT molecular complexity index is 820. The van der Waals surface area contributed by atoms with Crippen LogP contribution in [0.3, 0.4) is 0 Å². The lowest BCUT2D eigenvalue weighted by Crippen LogP contribution is -2.22. The second-order valence-electron chi connectivity index (χ2n) is 5.94. The molecule has 0 heterocycles. The molecule has 3 amide bonds. The summed E-state index contributed by atoms with van der Waals surface area (Å²) < 4.78 is 0. The highest BCUT2D eigenvalue weighted by molar-refractivity contribution is 5.97. The Balaban J connectivity index is 1.90. The van der Waals surface area contributed by atoms with E-state index < -0.39 is 0 Å². The van der Waals surface area contributed by atoms with Gasteiger partial charge in [0.15, 0.2) is 0 Å². The second kappa shape index (κ2) is 9.96. The van der Waals surface area contributed by atoms with Crippen molar-refractivity contribution in [1.82, 2.24) is 5.32 Å². The van der Waals surface area contributed by atoms with E-state index in [1.54, 1.807) is 55.6 Å². The fourth-order valence-corrected chi connectivity index (χ4v) is 2.43. The summed E-state index contributed by atoms with van der Waals surface area (Å²) in [5, 5.41) is 11.1. The molecule has 2 rings (SSSR count). The first-order valence-electron chi connectivity index (χ1n) is 8.77. The molecule has 7 nitrogen and oxygen atoms in total. The van der Waals surface area contributed by atoms with Gasteiger partial charge in [0, 0.05) is 36.1 Å². The lowest BCUT2D eigenvalue weighted by molar-refractivity contribution is -0.116. The van der Waals surface area contributed by atoms with Crippen molar-refractivity contribution >= 4 is 34.8 Å². The Morgan fingerprint density at radius 2 is 1.48 bits per heavy atom. The smallest absolute Gasteiger partial charge is 0.251 e. The zero-order valence-electron chi connectivity index (χ0n) is 15.5. The van der Waals surface area contributed by atoms with Crippen LogP contribution in [0.5, 0.6) is 0 Å². The van der Waals surface area contributed by atoms with Gasteiger partial charge in [0.25, 0.3) is 5.91 Å². The highest BCUT2D eigenvalue weighted by Crippen LogP contribution is 2.16. The van der Waals surface area contributed by atoms with Gasteiger partial charge in [-0.1, -0.05) is 19.1 Å². The predicted molar refractivity (Wildman–Crippen MR) is 107 cm³/mol. The molecule has 7 heteroatoms. The molecule has 0 aliphatic rings. The highest BCUT2D eigenvalue weighted by atomic mass is 16.2. The fourth-order valence-electron chi connectivity index (χ4n) is 2.43. The van der Waals surface area contributed by atoms with Crippen LogP contribution in [0.1, 0.15) is 30.1 Å². The van der Waals surface area contributed by atoms with E-state index in [0.717, 1.165) is 6.42 Å². The Kier molecular flexibility index (Phi) is 7.37. The number of anilines is 3. The minimum Gasteiger partial charge on any atom is -0.376 e. The summed E-state index contributed by atoms with van der Waals surface area (Å²) in [7, 11) is 1.56. The maximum Gasteiger partial charge on any atom is 0.251 e. The van der Waals surface area contributed by atoms with Crippen LogP contribution in [-0.2, 0) is 9.59 Å². The van der Waals surface area contributed by atoms with Crippen molar-refractivity contribution in [3.05, 3.63) is 54.1 Å². The summed E-state index contributed by atoms with van der Waals surface area (Å²) in [4.78, 5) is 35.5. The van der Waals surface area contributed by atoms with Crippen LogP contribution in [0.15, 0.2) is 48.5 Å². The highest BCUT2D eigenvalue weighted by Gasteiger charge is 2.07. The Hall–Kier alpha value is -3.35. The van der Waals surface area contributed by atoms with Crippen LogP contribution in [0.25, 0.3) is 0 Å². The van der Waals surface area contributed by atoms with Crippen molar-refractivity contribution < 1.29 is 14.4 Å². The molecule has 0 radical (unpaired) electrons. The van der Waals surface area contributed by atoms with Crippen LogP contribution in [0, 0.1) is 0 Å². The number of rotatable bonds is 8. The van der Waals surface area contributed by atoms with Gasteiger partial charge < -0.3 is 21.3 Å². The van der Waals surface area contributed by atoms with Gasteiger partial charge in [0.05, 0.1) is 6.54 Å². The van der Waals surface area contributed by atoms with E-state index in [0.29, 0.717) is 29.0 Å². The normalized spacial score (nSPS) is 10.0. The molecule has 0 aromatic heterocycles. The van der Waals surface area contributed by atoms with E-state index in [9.17, 15) is 14.4 Å². The number of amides is 3. The summed E-state index contributed by atoms with van der Waals surface area (Å²) in [6.07, 6.45) is 1.23. The molecule has 0 saturated heterocycles. The van der Waals surface area contributed by atoms with Crippen LogP contribution < -0.4 is 21.3 Å². The van der Waals surface area contributed by atoms with Gasteiger partial charge in [-0.2, -0.15) is 0 Å². The third-order valence-electron chi connectivity index (χ3n) is 3.71. The fraction of sp³-hybridized carbons (Fsp3) is 0.250. The van der Waals surface area contributed by atoms with Crippen molar-refractivity contribution in [2.45, 2.75) is 19.8 Å². The van der Waals surface area contributed by atoms with Gasteiger partial charge in [-0.25, -0.2) is 0 Å². The summed E-state index contributed by atoms with van der Waals surface area (Å²) in [5.41, 5.74) is 2.41. The quantitative estimate of drug-likeness (QED) is 0.576. The molecular weight excluding hydrogens is 344 g/mol. The van der Waals surface area contributed by atoms with E-state index in [2.05, 4.69) is 21.3 Å². The number of benzene rings is 2. The number of carbonyl (C=O) groups is 3. The number of hydrogen-bond donors (Lipinski definition) is 4. The first-order chi connectivity index (χ1) is 13.0. The molecule has 0 aliphatic heterocycles. The third-order valence-corrected chi connectivity index (χ3v) is 3.71. The number of carbonyl (C=O) groups excluding carboxylic acids is 3. The van der Waals surface area contributed by atoms with Gasteiger partial charge >= 0.3 is 0 Å². The maximum absolute atomic E-state index is 12.2. The Labute approximate surface area is 158 Å². The monoisotopic (exact) mass is 368 g/mol. The summed E-state index contributed by atoms with van der Waals surface area (Å²) in [5.74, 6) is -0.485. The molecule has 0 bridgehead atoms. The van der Waals surface area contributed by atoms with E-state index in [1.807, 2.05) is 6.92 Å². The van der Waals surface area contributed by atoms with E-state index in [1.165, 1.54) is 0 Å². The standard InChI is InChI=1S/C20H24N4O3/c1-3-6-18(25)23-16-9-5-10-17(12-16)24-19(26)13-22-15-8-4-7-14(11-15)20(27)21-2/h4-5,7-12,22H,3,6,13H2,1-2H3,(H,21,27)(H,23,25)(H,24,26). The summed E-state index contributed by atoms with van der Waals surface area (Å²) in [6.45, 7) is 1.98. The van der Waals surface area contributed by atoms with Crippen LogP contribution >= 0.6 is 0 Å². The first kappa shape index (κ1) is 20.0. The van der Waals surface area contributed by atoms with Crippen LogP contribution in [0.4, 0.5) is 17.1 Å². The van der Waals surface area contributed by atoms with Gasteiger partial charge in [-0.3, -0.25) is 14.4 Å². The predicted octanol–water partition coefficient (Wildman–Crippen LogP) is 2.84. The van der Waals surface area contributed by atoms with E-state index in [-0.39, 0.29) is 24.3 Å². The Morgan fingerprint density at radius 1 is 0.852 bits per heavy atom. The van der Waals surface area contributed by atoms with Crippen molar-refractivity contribution in [1.29, 1.82) is 0 Å². The van der Waals surface area contributed by atoms with Gasteiger partial charge in [-0.05, 0) is 42.8 Å². The summed E-state index contributed by atoms with van der Waals surface area (Å²) >= 11 is 0. The molecular formula is C20H24N4O3. The van der Waals surface area contributed by atoms with E-state index in [4.69, 9.17) is 0 Å². The topological polar surface area (TPSA) is 99.3 Å². The lowest BCUT2D eigenvalue weighted by atomic mass is 10.2. The molecule has 0 unspecified atom stereocenters.